The Labute approximate surface area is 184 Å². The molecule has 1 N–H and O–H groups in total. The Hall–Kier alpha value is -2.53. The van der Waals surface area contributed by atoms with Crippen LogP contribution < -0.4 is 5.56 Å². The molecule has 164 valence electrons. The number of morpholine rings is 1. The second kappa shape index (κ2) is 8.91. The highest BCUT2D eigenvalue weighted by Gasteiger charge is 2.27. The van der Waals surface area contributed by atoms with Gasteiger partial charge >= 0.3 is 0 Å². The SMILES string of the molecule is CCN(Cc1cccs1)C(=O)c1cc(=O)[nH]c2ccc(S(=O)(=O)N3CCOCC3)cc12. The lowest BCUT2D eigenvalue weighted by Crippen LogP contribution is -2.40. The van der Waals surface area contributed by atoms with E-state index in [0.29, 0.717) is 37.2 Å². The molecule has 1 fully saturated rings. The van der Waals surface area contributed by atoms with Gasteiger partial charge in [0.2, 0.25) is 15.6 Å². The van der Waals surface area contributed by atoms with Gasteiger partial charge in [0.25, 0.3) is 5.91 Å². The number of benzene rings is 1. The van der Waals surface area contributed by atoms with Crippen LogP contribution in [0.2, 0.25) is 0 Å². The molecule has 1 aliphatic rings. The third kappa shape index (κ3) is 4.42. The summed E-state index contributed by atoms with van der Waals surface area (Å²) in [6.07, 6.45) is 0. The largest absolute Gasteiger partial charge is 0.379 e. The van der Waals surface area contributed by atoms with E-state index >= 15 is 0 Å². The van der Waals surface area contributed by atoms with Crippen LogP contribution in [0, 0.1) is 0 Å². The number of thiophene rings is 1. The second-order valence-corrected chi connectivity index (χ2v) is 10.1. The zero-order chi connectivity index (χ0) is 22.0. The first kappa shape index (κ1) is 21.7. The summed E-state index contributed by atoms with van der Waals surface area (Å²) >= 11 is 1.55. The zero-order valence-corrected chi connectivity index (χ0v) is 18.7. The van der Waals surface area contributed by atoms with Crippen molar-refractivity contribution in [1.29, 1.82) is 0 Å². The summed E-state index contributed by atoms with van der Waals surface area (Å²) in [5.41, 5.74) is 0.201. The predicted molar refractivity (Wildman–Crippen MR) is 119 cm³/mol. The highest BCUT2D eigenvalue weighted by molar-refractivity contribution is 7.89. The average molecular weight is 462 g/mol. The molecule has 3 heterocycles. The van der Waals surface area contributed by atoms with E-state index in [2.05, 4.69) is 4.98 Å². The standard InChI is InChI=1S/C21H23N3O5S2/c1-2-23(14-15-4-3-11-30-15)21(26)18-13-20(25)22-19-6-5-16(12-17(18)19)31(27,28)24-7-9-29-10-8-24/h3-6,11-13H,2,7-10,14H2,1H3,(H,22,25). The summed E-state index contributed by atoms with van der Waals surface area (Å²) in [5, 5.41) is 2.35. The quantitative estimate of drug-likeness (QED) is 0.607. The van der Waals surface area contributed by atoms with E-state index in [1.807, 2.05) is 24.4 Å². The number of amides is 1. The van der Waals surface area contributed by atoms with Crippen LogP contribution in [0.25, 0.3) is 10.9 Å². The number of rotatable bonds is 6. The first-order valence-corrected chi connectivity index (χ1v) is 12.3. The Morgan fingerprint density at radius 2 is 2.00 bits per heavy atom. The number of pyridine rings is 1. The lowest BCUT2D eigenvalue weighted by atomic mass is 10.1. The van der Waals surface area contributed by atoms with Gasteiger partial charge in [0.1, 0.15) is 0 Å². The number of ether oxygens (including phenoxy) is 1. The minimum absolute atomic E-state index is 0.0873. The van der Waals surface area contributed by atoms with Crippen molar-refractivity contribution in [1.82, 2.24) is 14.2 Å². The summed E-state index contributed by atoms with van der Waals surface area (Å²) in [6.45, 7) is 4.00. The lowest BCUT2D eigenvalue weighted by Gasteiger charge is -2.26. The maximum Gasteiger partial charge on any atom is 0.255 e. The van der Waals surface area contributed by atoms with Gasteiger partial charge in [-0.05, 0) is 36.6 Å². The number of sulfonamides is 1. The minimum atomic E-state index is -3.73. The Bertz CT molecular complexity index is 1250. The Morgan fingerprint density at radius 3 is 2.68 bits per heavy atom. The fourth-order valence-corrected chi connectivity index (χ4v) is 5.75. The van der Waals surface area contributed by atoms with E-state index in [0.717, 1.165) is 4.88 Å². The van der Waals surface area contributed by atoms with Gasteiger partial charge in [-0.3, -0.25) is 9.59 Å². The molecule has 31 heavy (non-hydrogen) atoms. The Kier molecular flexibility index (Phi) is 6.24. The first-order valence-electron chi connectivity index (χ1n) is 9.97. The summed E-state index contributed by atoms with van der Waals surface area (Å²) < 4.78 is 32.8. The Balaban J connectivity index is 1.76. The summed E-state index contributed by atoms with van der Waals surface area (Å²) in [4.78, 5) is 31.0. The molecule has 0 radical (unpaired) electrons. The van der Waals surface area contributed by atoms with Crippen molar-refractivity contribution in [3.63, 3.8) is 0 Å². The number of aromatic amines is 1. The Morgan fingerprint density at radius 1 is 1.23 bits per heavy atom. The molecule has 0 aliphatic carbocycles. The molecule has 2 aromatic heterocycles. The van der Waals surface area contributed by atoms with Crippen molar-refractivity contribution in [3.05, 3.63) is 62.6 Å². The van der Waals surface area contributed by atoms with Gasteiger partial charge in [-0.1, -0.05) is 6.07 Å². The average Bonchev–Trinajstić information content (AvgIpc) is 3.30. The van der Waals surface area contributed by atoms with Gasteiger partial charge < -0.3 is 14.6 Å². The van der Waals surface area contributed by atoms with Gasteiger partial charge in [-0.25, -0.2) is 8.42 Å². The summed E-state index contributed by atoms with van der Waals surface area (Å²) in [5.74, 6) is -0.312. The molecule has 1 aromatic carbocycles. The normalized spacial score (nSPS) is 15.3. The number of carbonyl (C=O) groups excluding carboxylic acids is 1. The highest BCUT2D eigenvalue weighted by atomic mass is 32.2. The molecule has 0 atom stereocenters. The van der Waals surface area contributed by atoms with Crippen LogP contribution in [0.15, 0.2) is 51.5 Å². The van der Waals surface area contributed by atoms with Crippen LogP contribution >= 0.6 is 11.3 Å². The van der Waals surface area contributed by atoms with E-state index in [1.54, 1.807) is 16.2 Å². The number of H-pyrrole nitrogens is 1. The fourth-order valence-electron chi connectivity index (χ4n) is 3.59. The monoisotopic (exact) mass is 461 g/mol. The second-order valence-electron chi connectivity index (χ2n) is 7.17. The van der Waals surface area contributed by atoms with Crippen LogP contribution in [0.4, 0.5) is 0 Å². The number of hydrogen-bond donors (Lipinski definition) is 1. The van der Waals surface area contributed by atoms with Crippen LogP contribution in [0.5, 0.6) is 0 Å². The van der Waals surface area contributed by atoms with E-state index in [4.69, 9.17) is 4.74 Å². The number of hydrogen-bond acceptors (Lipinski definition) is 6. The topological polar surface area (TPSA) is 99.8 Å². The van der Waals surface area contributed by atoms with Gasteiger partial charge in [0.15, 0.2) is 0 Å². The van der Waals surface area contributed by atoms with Crippen molar-refractivity contribution in [2.45, 2.75) is 18.4 Å². The lowest BCUT2D eigenvalue weighted by molar-refractivity contribution is 0.0730. The third-order valence-corrected chi connectivity index (χ3v) is 8.00. The van der Waals surface area contributed by atoms with Crippen LogP contribution in [-0.2, 0) is 21.3 Å². The number of nitrogens with one attached hydrogen (secondary N) is 1. The fraction of sp³-hybridized carbons (Fsp3) is 0.333. The molecule has 8 nitrogen and oxygen atoms in total. The molecule has 1 saturated heterocycles. The van der Waals surface area contributed by atoms with E-state index < -0.39 is 15.6 Å². The molecule has 0 spiro atoms. The smallest absolute Gasteiger partial charge is 0.255 e. The molecule has 10 heteroatoms. The summed E-state index contributed by atoms with van der Waals surface area (Å²) in [6, 6.07) is 9.58. The molecule has 0 bridgehead atoms. The third-order valence-electron chi connectivity index (χ3n) is 5.25. The molecule has 1 amide bonds. The van der Waals surface area contributed by atoms with Crippen molar-refractivity contribution < 1.29 is 17.9 Å². The highest BCUT2D eigenvalue weighted by Crippen LogP contribution is 2.25. The molecule has 0 unspecified atom stereocenters. The molecule has 1 aliphatic heterocycles. The van der Waals surface area contributed by atoms with Gasteiger partial charge in [0, 0.05) is 41.5 Å². The number of aromatic nitrogens is 1. The molecule has 4 rings (SSSR count). The van der Waals surface area contributed by atoms with Gasteiger partial charge in [-0.15, -0.1) is 11.3 Å². The molecule has 3 aromatic rings. The van der Waals surface area contributed by atoms with E-state index in [9.17, 15) is 18.0 Å². The summed E-state index contributed by atoms with van der Waals surface area (Å²) in [7, 11) is -3.73. The molecular formula is C21H23N3O5S2. The minimum Gasteiger partial charge on any atom is -0.379 e. The van der Waals surface area contributed by atoms with Crippen molar-refractivity contribution in [2.24, 2.45) is 0 Å². The zero-order valence-electron chi connectivity index (χ0n) is 17.0. The molecular weight excluding hydrogens is 438 g/mol. The van der Waals surface area contributed by atoms with Crippen molar-refractivity contribution in [3.8, 4) is 0 Å². The van der Waals surface area contributed by atoms with Gasteiger partial charge in [0.05, 0.1) is 30.2 Å². The number of fused-ring (bicyclic) bond motifs is 1. The number of nitrogens with zero attached hydrogens (tertiary/aromatic N) is 2. The first-order chi connectivity index (χ1) is 14.9. The maximum atomic E-state index is 13.3. The van der Waals surface area contributed by atoms with Crippen LogP contribution in [0.3, 0.4) is 0 Å². The van der Waals surface area contributed by atoms with E-state index in [-0.39, 0.29) is 29.5 Å². The van der Waals surface area contributed by atoms with Crippen molar-refractivity contribution >= 4 is 38.2 Å². The van der Waals surface area contributed by atoms with Crippen LogP contribution in [-0.4, -0.2) is 61.4 Å². The predicted octanol–water partition coefficient (Wildman–Crippen LogP) is 2.27. The maximum absolute atomic E-state index is 13.3. The van der Waals surface area contributed by atoms with Crippen molar-refractivity contribution in [2.75, 3.05) is 32.8 Å². The molecule has 0 saturated carbocycles. The van der Waals surface area contributed by atoms with Crippen LogP contribution in [0.1, 0.15) is 22.2 Å². The van der Waals surface area contributed by atoms with E-state index in [1.165, 1.54) is 28.6 Å². The van der Waals surface area contributed by atoms with Gasteiger partial charge in [-0.2, -0.15) is 4.31 Å². The number of carbonyl (C=O) groups is 1.